The van der Waals surface area contributed by atoms with Crippen LogP contribution in [0.5, 0.6) is 5.75 Å². The number of nitrogens with one attached hydrogen (secondary N) is 1. The number of hydrogen-bond acceptors (Lipinski definition) is 4. The number of carbonyl (C=O) groups is 1. The van der Waals surface area contributed by atoms with Crippen LogP contribution in [0.4, 0.5) is 10.1 Å². The lowest BCUT2D eigenvalue weighted by Gasteiger charge is -2.24. The Morgan fingerprint density at radius 2 is 2.04 bits per heavy atom. The maximum atomic E-state index is 14.0. The Balaban J connectivity index is 1.88. The molecule has 1 N–H and O–H groups in total. The fraction of sp³-hybridized carbons (Fsp3) is 0.316. The molecular formula is C19H20BrFN2O4S. The van der Waals surface area contributed by atoms with Gasteiger partial charge in [0.05, 0.1) is 17.7 Å². The first-order chi connectivity index (χ1) is 13.2. The Morgan fingerprint density at radius 1 is 1.29 bits per heavy atom. The minimum absolute atomic E-state index is 0.00927. The zero-order valence-electron chi connectivity index (χ0n) is 15.4. The molecule has 0 saturated carbocycles. The highest BCUT2D eigenvalue weighted by Crippen LogP contribution is 2.31. The molecule has 1 atom stereocenters. The molecule has 3 rings (SSSR count). The second-order valence-corrected chi connectivity index (χ2v) is 9.29. The maximum Gasteiger partial charge on any atom is 0.244 e. The van der Waals surface area contributed by atoms with E-state index >= 15 is 0 Å². The molecule has 6 nitrogen and oxygen atoms in total. The topological polar surface area (TPSA) is 75.7 Å². The normalized spacial score (nSPS) is 17.5. The average Bonchev–Trinajstić information content (AvgIpc) is 3.15. The Hall–Kier alpha value is -1.97. The Morgan fingerprint density at radius 3 is 2.71 bits per heavy atom. The molecule has 150 valence electrons. The maximum absolute atomic E-state index is 14.0. The van der Waals surface area contributed by atoms with Gasteiger partial charge in [0.1, 0.15) is 17.6 Å². The summed E-state index contributed by atoms with van der Waals surface area (Å²) in [6.07, 6.45) is 0.912. The van der Waals surface area contributed by atoms with Gasteiger partial charge in [0.15, 0.2) is 0 Å². The van der Waals surface area contributed by atoms with Gasteiger partial charge in [0.25, 0.3) is 0 Å². The number of nitrogens with zero attached hydrogens (tertiary/aromatic N) is 1. The van der Waals surface area contributed by atoms with Crippen LogP contribution >= 0.6 is 15.9 Å². The lowest BCUT2D eigenvalue weighted by Crippen LogP contribution is -2.43. The van der Waals surface area contributed by atoms with Crippen molar-refractivity contribution in [1.82, 2.24) is 4.31 Å². The van der Waals surface area contributed by atoms with E-state index in [0.717, 1.165) is 0 Å². The number of halogens is 2. The van der Waals surface area contributed by atoms with E-state index in [1.165, 1.54) is 29.6 Å². The van der Waals surface area contributed by atoms with E-state index in [2.05, 4.69) is 21.2 Å². The van der Waals surface area contributed by atoms with E-state index in [4.69, 9.17) is 4.74 Å². The molecule has 0 spiro atoms. The van der Waals surface area contributed by atoms with Crippen LogP contribution in [0, 0.1) is 12.7 Å². The van der Waals surface area contributed by atoms with Crippen LogP contribution < -0.4 is 10.1 Å². The quantitative estimate of drug-likeness (QED) is 0.722. The Labute approximate surface area is 171 Å². The smallest absolute Gasteiger partial charge is 0.244 e. The van der Waals surface area contributed by atoms with Crippen molar-refractivity contribution < 1.29 is 22.3 Å². The molecule has 0 radical (unpaired) electrons. The van der Waals surface area contributed by atoms with Crippen LogP contribution in [-0.2, 0) is 14.8 Å². The number of aryl methyl sites for hydroxylation is 1. The van der Waals surface area contributed by atoms with Crippen LogP contribution in [0.2, 0.25) is 0 Å². The second-order valence-electron chi connectivity index (χ2n) is 6.52. The summed E-state index contributed by atoms with van der Waals surface area (Å²) in [6.45, 7) is 1.91. The predicted molar refractivity (Wildman–Crippen MR) is 107 cm³/mol. The summed E-state index contributed by atoms with van der Waals surface area (Å²) in [6, 6.07) is 8.15. The van der Waals surface area contributed by atoms with Gasteiger partial charge < -0.3 is 10.1 Å². The van der Waals surface area contributed by atoms with Crippen molar-refractivity contribution in [3.05, 3.63) is 52.3 Å². The van der Waals surface area contributed by atoms with Crippen molar-refractivity contribution in [2.75, 3.05) is 19.0 Å². The minimum atomic E-state index is -3.91. The summed E-state index contributed by atoms with van der Waals surface area (Å²) in [7, 11) is -2.46. The molecule has 1 heterocycles. The van der Waals surface area contributed by atoms with Crippen molar-refractivity contribution in [1.29, 1.82) is 0 Å². The number of amides is 1. The van der Waals surface area contributed by atoms with Crippen molar-refractivity contribution in [2.45, 2.75) is 30.7 Å². The van der Waals surface area contributed by atoms with Crippen LogP contribution in [-0.4, -0.2) is 38.3 Å². The number of hydrogen-bond donors (Lipinski definition) is 1. The first-order valence-corrected chi connectivity index (χ1v) is 10.9. The summed E-state index contributed by atoms with van der Waals surface area (Å²) in [4.78, 5) is 12.8. The standard InChI is InChI=1S/C19H20BrFN2O4S/c1-12-5-7-14(27-2)11-18(12)28(25,26)23-9-3-4-17(23)19(24)22-16-8-6-13(20)10-15(16)21/h5-8,10-11,17H,3-4,9H2,1-2H3,(H,22,24)/t17-/m0/s1. The van der Waals surface area contributed by atoms with Gasteiger partial charge in [-0.3, -0.25) is 4.79 Å². The fourth-order valence-electron chi connectivity index (χ4n) is 3.21. The predicted octanol–water partition coefficient (Wildman–Crippen LogP) is 3.70. The zero-order chi connectivity index (χ0) is 20.5. The van der Waals surface area contributed by atoms with Crippen LogP contribution in [0.15, 0.2) is 45.8 Å². The second kappa shape index (κ2) is 8.18. The summed E-state index contributed by atoms with van der Waals surface area (Å²) < 4.78 is 47.3. The Kier molecular flexibility index (Phi) is 6.07. The van der Waals surface area contributed by atoms with E-state index in [-0.39, 0.29) is 17.1 Å². The van der Waals surface area contributed by atoms with E-state index in [9.17, 15) is 17.6 Å². The third-order valence-corrected chi connectivity index (χ3v) is 7.22. The highest BCUT2D eigenvalue weighted by molar-refractivity contribution is 9.10. The Bertz CT molecular complexity index is 1010. The first kappa shape index (κ1) is 20.8. The van der Waals surface area contributed by atoms with Crippen LogP contribution in [0.25, 0.3) is 0 Å². The van der Waals surface area contributed by atoms with Gasteiger partial charge in [-0.15, -0.1) is 0 Å². The number of rotatable bonds is 5. The largest absolute Gasteiger partial charge is 0.497 e. The molecule has 0 aliphatic carbocycles. The molecule has 28 heavy (non-hydrogen) atoms. The summed E-state index contributed by atoms with van der Waals surface area (Å²) in [5.74, 6) is -0.733. The van der Waals surface area contributed by atoms with Gasteiger partial charge in [-0.2, -0.15) is 4.31 Å². The van der Waals surface area contributed by atoms with Gasteiger partial charge >= 0.3 is 0 Å². The van der Waals surface area contributed by atoms with Gasteiger partial charge in [-0.1, -0.05) is 22.0 Å². The third kappa shape index (κ3) is 4.06. The van der Waals surface area contributed by atoms with Crippen LogP contribution in [0.3, 0.4) is 0 Å². The summed E-state index contributed by atoms with van der Waals surface area (Å²) in [5, 5.41) is 2.50. The molecule has 0 bridgehead atoms. The van der Waals surface area contributed by atoms with Crippen molar-refractivity contribution >= 4 is 37.5 Å². The monoisotopic (exact) mass is 470 g/mol. The molecule has 1 amide bonds. The van der Waals surface area contributed by atoms with Gasteiger partial charge in [0.2, 0.25) is 15.9 Å². The fourth-order valence-corrected chi connectivity index (χ4v) is 5.44. The van der Waals surface area contributed by atoms with E-state index in [1.54, 1.807) is 25.1 Å². The highest BCUT2D eigenvalue weighted by Gasteiger charge is 2.40. The third-order valence-electron chi connectivity index (χ3n) is 4.68. The van der Waals surface area contributed by atoms with E-state index in [1.807, 2.05) is 0 Å². The molecule has 0 unspecified atom stereocenters. The lowest BCUT2D eigenvalue weighted by molar-refractivity contribution is -0.119. The summed E-state index contributed by atoms with van der Waals surface area (Å²) >= 11 is 3.16. The molecule has 0 aromatic heterocycles. The van der Waals surface area contributed by atoms with Crippen molar-refractivity contribution in [2.24, 2.45) is 0 Å². The van der Waals surface area contributed by atoms with Gasteiger partial charge in [0, 0.05) is 17.1 Å². The number of methoxy groups -OCH3 is 1. The molecule has 1 aliphatic rings. The SMILES string of the molecule is COc1ccc(C)c(S(=O)(=O)N2CCC[C@H]2C(=O)Nc2ccc(Br)cc2F)c1. The van der Waals surface area contributed by atoms with Crippen molar-refractivity contribution in [3.63, 3.8) is 0 Å². The van der Waals surface area contributed by atoms with E-state index < -0.39 is 27.8 Å². The number of carbonyl (C=O) groups excluding carboxylic acids is 1. The molecule has 1 saturated heterocycles. The number of benzene rings is 2. The number of ether oxygens (including phenoxy) is 1. The first-order valence-electron chi connectivity index (χ1n) is 8.66. The molecule has 9 heteroatoms. The minimum Gasteiger partial charge on any atom is -0.497 e. The van der Waals surface area contributed by atoms with Crippen molar-refractivity contribution in [3.8, 4) is 5.75 Å². The number of sulfonamides is 1. The number of anilines is 1. The molecule has 1 fully saturated rings. The lowest BCUT2D eigenvalue weighted by atomic mass is 10.2. The average molecular weight is 471 g/mol. The van der Waals surface area contributed by atoms with E-state index in [0.29, 0.717) is 28.6 Å². The van der Waals surface area contributed by atoms with Crippen LogP contribution in [0.1, 0.15) is 18.4 Å². The molecule has 2 aromatic rings. The summed E-state index contributed by atoms with van der Waals surface area (Å²) in [5.41, 5.74) is 0.570. The van der Waals surface area contributed by atoms with Gasteiger partial charge in [-0.05, 0) is 49.6 Å². The zero-order valence-corrected chi connectivity index (χ0v) is 17.8. The molecule has 1 aliphatic heterocycles. The van der Waals surface area contributed by atoms with Gasteiger partial charge in [-0.25, -0.2) is 12.8 Å². The highest BCUT2D eigenvalue weighted by atomic mass is 79.9. The molecule has 2 aromatic carbocycles. The molecular weight excluding hydrogens is 451 g/mol.